The van der Waals surface area contributed by atoms with E-state index in [1.807, 2.05) is 66.7 Å². The van der Waals surface area contributed by atoms with Gasteiger partial charge in [-0.05, 0) is 39.7 Å². The molecule has 3 aliphatic heterocycles. The van der Waals surface area contributed by atoms with Crippen LogP contribution >= 0.6 is 34.8 Å². The largest absolute Gasteiger partial charge is 0.610 e. The van der Waals surface area contributed by atoms with E-state index < -0.39 is 53.1 Å². The fourth-order valence-electron chi connectivity index (χ4n) is 6.96. The molecule has 9 nitrogen and oxygen atoms in total. The molecule has 49 heavy (non-hydrogen) atoms. The number of amides is 1. The Labute approximate surface area is 306 Å². The third-order valence-corrected chi connectivity index (χ3v) is 15.8. The second kappa shape index (κ2) is 13.9. The highest BCUT2D eigenvalue weighted by molar-refractivity contribution is 7.92. The summed E-state index contributed by atoms with van der Waals surface area (Å²) in [7, 11) is -2.96. The molecule has 2 saturated heterocycles. The summed E-state index contributed by atoms with van der Waals surface area (Å²) < 4.78 is 24.8. The van der Waals surface area contributed by atoms with E-state index >= 15 is 0 Å². The van der Waals surface area contributed by atoms with Crippen LogP contribution in [-0.4, -0.2) is 69.9 Å². The van der Waals surface area contributed by atoms with Gasteiger partial charge in [-0.1, -0.05) is 141 Å². The van der Waals surface area contributed by atoms with Crippen molar-refractivity contribution in [1.29, 1.82) is 0 Å². The number of guanidine groups is 1. The molecule has 3 aromatic rings. The first-order valence-electron chi connectivity index (χ1n) is 15.8. The standard InChI is InChI=1S/C35H38Cl3N5O4SSi/c1-24-39-30-28(22-47-49(33(2,3)4,26-16-10-6-11-17-26)27-18-12-7-13-19-27)40-31(41-32(44)46-23-35(36,37)38)43-29(20-21-34(30,43)42-24)48(45)25-14-8-5-9-15-25/h5-21,28-30,39,42H,1,22-23H2,2-4H3,(H,40,41,44)/t28-,29-,30-,34?,48?/m0/s1. The second-order valence-corrected chi connectivity index (χ2v) is 21.5. The van der Waals surface area contributed by atoms with Gasteiger partial charge in [-0.2, -0.15) is 0 Å². The van der Waals surface area contributed by atoms with Crippen LogP contribution in [0.4, 0.5) is 4.79 Å². The van der Waals surface area contributed by atoms with Gasteiger partial charge >= 0.3 is 6.09 Å². The SMILES string of the molecule is C=C1N[C@H]2[C@H](CO[Si](c3ccccc3)(c3ccccc3)C(C)(C)C)N/C(=N\C(=O)OCC(Cl)(Cl)Cl)N3[C@@H]([S+]([O-])c4ccccc4)C=CC23N1. The van der Waals surface area contributed by atoms with E-state index in [0.717, 1.165) is 10.4 Å². The van der Waals surface area contributed by atoms with E-state index in [0.29, 0.717) is 10.7 Å². The van der Waals surface area contributed by atoms with Crippen LogP contribution in [0.2, 0.25) is 5.04 Å². The smallest absolute Gasteiger partial charge is 0.437 e. The third kappa shape index (κ3) is 6.95. The number of nitrogens with one attached hydrogen (secondary N) is 3. The van der Waals surface area contributed by atoms with Gasteiger partial charge in [0.05, 0.1) is 24.5 Å². The molecule has 0 radical (unpaired) electrons. The summed E-state index contributed by atoms with van der Waals surface area (Å²) in [5.74, 6) is 0.688. The van der Waals surface area contributed by atoms with Crippen LogP contribution < -0.4 is 26.3 Å². The number of aliphatic imine (C=N–C) groups is 1. The number of benzene rings is 3. The predicted octanol–water partition coefficient (Wildman–Crippen LogP) is 5.13. The van der Waals surface area contributed by atoms with Gasteiger partial charge in [0.25, 0.3) is 8.32 Å². The number of carbonyl (C=O) groups is 1. The van der Waals surface area contributed by atoms with E-state index in [2.05, 4.69) is 72.6 Å². The first-order chi connectivity index (χ1) is 23.2. The maximum absolute atomic E-state index is 14.1. The summed E-state index contributed by atoms with van der Waals surface area (Å²) in [6.45, 7) is 10.5. The molecule has 0 aromatic heterocycles. The third-order valence-electron chi connectivity index (χ3n) is 8.92. The van der Waals surface area contributed by atoms with Gasteiger partial charge in [-0.15, -0.1) is 4.99 Å². The highest BCUT2D eigenvalue weighted by atomic mass is 35.6. The van der Waals surface area contributed by atoms with Crippen LogP contribution in [0.5, 0.6) is 0 Å². The van der Waals surface area contributed by atoms with Crippen molar-refractivity contribution in [2.45, 2.75) is 57.6 Å². The molecule has 3 aliphatic rings. The molecule has 3 heterocycles. The Kier molecular flexibility index (Phi) is 10.1. The molecule has 3 N–H and O–H groups in total. The number of hydrogen-bond acceptors (Lipinski definition) is 6. The van der Waals surface area contributed by atoms with Gasteiger partial charge in [0.2, 0.25) is 15.1 Å². The van der Waals surface area contributed by atoms with Crippen molar-refractivity contribution in [2.75, 3.05) is 13.2 Å². The van der Waals surface area contributed by atoms with E-state index in [4.69, 9.17) is 44.0 Å². The van der Waals surface area contributed by atoms with Crippen molar-refractivity contribution in [3.05, 3.63) is 116 Å². The number of carbonyl (C=O) groups excluding carboxylic acids is 1. The predicted molar refractivity (Wildman–Crippen MR) is 199 cm³/mol. The Morgan fingerprint density at radius 2 is 1.55 bits per heavy atom. The Morgan fingerprint density at radius 3 is 2.10 bits per heavy atom. The summed E-state index contributed by atoms with van der Waals surface area (Å²) in [5, 5.41) is 11.7. The minimum Gasteiger partial charge on any atom is -0.610 e. The van der Waals surface area contributed by atoms with Crippen molar-refractivity contribution in [1.82, 2.24) is 20.9 Å². The second-order valence-electron chi connectivity index (χ2n) is 13.1. The normalized spacial score (nSPS) is 24.8. The first kappa shape index (κ1) is 35.7. The zero-order valence-electron chi connectivity index (χ0n) is 27.2. The summed E-state index contributed by atoms with van der Waals surface area (Å²) in [5.41, 5.74) is -1.01. The van der Waals surface area contributed by atoms with Crippen LogP contribution in [0.25, 0.3) is 0 Å². The molecule has 6 rings (SSSR count). The minimum absolute atomic E-state index is 0.130. The van der Waals surface area contributed by atoms with Crippen molar-refractivity contribution in [3.63, 3.8) is 0 Å². The van der Waals surface area contributed by atoms with E-state index in [1.165, 1.54) is 0 Å². The average molecular weight is 759 g/mol. The molecule has 258 valence electrons. The number of halogens is 3. The molecule has 0 aliphatic carbocycles. The van der Waals surface area contributed by atoms with Crippen LogP contribution in [0.3, 0.4) is 0 Å². The van der Waals surface area contributed by atoms with Gasteiger partial charge in [0.15, 0.2) is 10.6 Å². The average Bonchev–Trinajstić information content (AvgIpc) is 3.63. The van der Waals surface area contributed by atoms with Crippen LogP contribution in [0, 0.1) is 0 Å². The summed E-state index contributed by atoms with van der Waals surface area (Å²) in [4.78, 5) is 19.9. The molecule has 5 atom stereocenters. The van der Waals surface area contributed by atoms with E-state index in [1.54, 1.807) is 17.0 Å². The lowest BCUT2D eigenvalue weighted by atomic mass is 9.92. The van der Waals surface area contributed by atoms with Crippen molar-refractivity contribution in [2.24, 2.45) is 4.99 Å². The fraction of sp³-hybridized carbons (Fsp3) is 0.314. The van der Waals surface area contributed by atoms with Crippen LogP contribution in [0.15, 0.2) is 125 Å². The monoisotopic (exact) mass is 757 g/mol. The van der Waals surface area contributed by atoms with Crippen LogP contribution in [0.1, 0.15) is 20.8 Å². The van der Waals surface area contributed by atoms with Gasteiger partial charge in [0.1, 0.15) is 6.61 Å². The van der Waals surface area contributed by atoms with E-state index in [-0.39, 0.29) is 23.6 Å². The number of alkyl halides is 3. The van der Waals surface area contributed by atoms with E-state index in [9.17, 15) is 9.35 Å². The molecule has 3 aromatic carbocycles. The zero-order valence-corrected chi connectivity index (χ0v) is 31.3. The minimum atomic E-state index is -2.96. The maximum atomic E-state index is 14.1. The van der Waals surface area contributed by atoms with Gasteiger partial charge < -0.3 is 29.7 Å². The topological polar surface area (TPSA) is 110 Å². The fourth-order valence-corrected chi connectivity index (χ4v) is 13.1. The number of nitrogens with zero attached hydrogens (tertiary/aromatic N) is 2. The Balaban J connectivity index is 1.41. The van der Waals surface area contributed by atoms with Gasteiger partial charge in [-0.25, -0.2) is 4.79 Å². The quantitative estimate of drug-likeness (QED) is 0.126. The molecule has 0 saturated carbocycles. The molecule has 14 heteroatoms. The Morgan fingerprint density at radius 1 is 0.980 bits per heavy atom. The summed E-state index contributed by atoms with van der Waals surface area (Å²) >= 11 is 16.0. The van der Waals surface area contributed by atoms with Gasteiger partial charge in [0, 0.05) is 11.2 Å². The molecule has 2 unspecified atom stereocenters. The van der Waals surface area contributed by atoms with Crippen LogP contribution in [-0.2, 0) is 20.3 Å². The Hall–Kier alpha value is -3.16. The number of rotatable bonds is 8. The molecular formula is C35H38Cl3N5O4SSi. The summed E-state index contributed by atoms with van der Waals surface area (Å²) in [6, 6.07) is 29.0. The molecule has 2 fully saturated rings. The lowest BCUT2D eigenvalue weighted by molar-refractivity contribution is 0.114. The molecular weight excluding hydrogens is 721 g/mol. The highest BCUT2D eigenvalue weighted by Crippen LogP contribution is 2.42. The van der Waals surface area contributed by atoms with Gasteiger partial charge in [-0.3, -0.25) is 4.90 Å². The number of hydrogen-bond donors (Lipinski definition) is 3. The lowest BCUT2D eigenvalue weighted by Gasteiger charge is -2.50. The van der Waals surface area contributed by atoms with Crippen molar-refractivity contribution in [3.8, 4) is 0 Å². The molecule has 0 bridgehead atoms. The van der Waals surface area contributed by atoms with Crippen molar-refractivity contribution >= 4 is 76.7 Å². The Bertz CT molecular complexity index is 1690. The maximum Gasteiger partial charge on any atom is 0.437 e. The highest BCUT2D eigenvalue weighted by Gasteiger charge is 2.63. The zero-order chi connectivity index (χ0) is 35.0. The lowest BCUT2D eigenvalue weighted by Crippen LogP contribution is -2.77. The number of ether oxygens (including phenoxy) is 1. The molecule has 1 amide bonds. The van der Waals surface area contributed by atoms with Crippen molar-refractivity contribution < 1.29 is 18.5 Å². The summed E-state index contributed by atoms with van der Waals surface area (Å²) in [6.07, 6.45) is 2.83. The molecule has 1 spiro atoms. The first-order valence-corrected chi connectivity index (χ1v) is 20.0.